The van der Waals surface area contributed by atoms with E-state index in [1.54, 1.807) is 0 Å². The third kappa shape index (κ3) is 2.51. The zero-order valence-electron chi connectivity index (χ0n) is 10.6. The van der Waals surface area contributed by atoms with Gasteiger partial charge in [0.2, 0.25) is 0 Å². The van der Waals surface area contributed by atoms with E-state index in [1.807, 2.05) is 0 Å². The van der Waals surface area contributed by atoms with Crippen molar-refractivity contribution in [2.45, 2.75) is 13.1 Å². The summed E-state index contributed by atoms with van der Waals surface area (Å²) in [5.74, 6) is -3.26. The van der Waals surface area contributed by atoms with Crippen LogP contribution in [0.2, 0.25) is 0 Å². The van der Waals surface area contributed by atoms with Crippen molar-refractivity contribution < 1.29 is 32.7 Å². The highest BCUT2D eigenvalue weighted by atomic mass is 19.4. The lowest BCUT2D eigenvalue weighted by Gasteiger charge is -2.17. The largest absolute Gasteiger partial charge is 0.478 e. The number of halogens is 3. The van der Waals surface area contributed by atoms with E-state index in [0.29, 0.717) is 17.0 Å². The summed E-state index contributed by atoms with van der Waals surface area (Å²) in [4.78, 5) is 34.7. The van der Waals surface area contributed by atoms with Crippen LogP contribution in [0.15, 0.2) is 29.8 Å². The molecule has 21 heavy (non-hydrogen) atoms. The van der Waals surface area contributed by atoms with Gasteiger partial charge in [0.25, 0.3) is 11.8 Å². The molecule has 0 aliphatic carbocycles. The summed E-state index contributed by atoms with van der Waals surface area (Å²) in [6, 6.07) is 2.18. The average Bonchev–Trinajstić information content (AvgIpc) is 2.61. The van der Waals surface area contributed by atoms with Gasteiger partial charge >= 0.3 is 12.1 Å². The van der Waals surface area contributed by atoms with Gasteiger partial charge in [-0.15, -0.1) is 0 Å². The zero-order chi connectivity index (χ0) is 15.9. The highest BCUT2D eigenvalue weighted by Crippen LogP contribution is 2.35. The minimum atomic E-state index is -4.92. The van der Waals surface area contributed by atoms with Crippen LogP contribution in [0.5, 0.6) is 0 Å². The summed E-state index contributed by atoms with van der Waals surface area (Å²) in [7, 11) is 0. The fraction of sp³-hybridized carbons (Fsp3) is 0.154. The minimum absolute atomic E-state index is 0.0934. The van der Waals surface area contributed by atoms with Crippen molar-refractivity contribution in [1.82, 2.24) is 0 Å². The first-order valence-corrected chi connectivity index (χ1v) is 5.64. The highest BCUT2D eigenvalue weighted by molar-refractivity contribution is 6.30. The molecule has 1 aliphatic heterocycles. The quantitative estimate of drug-likeness (QED) is 0.850. The molecule has 2 amide bonds. The van der Waals surface area contributed by atoms with Crippen molar-refractivity contribution in [2.24, 2.45) is 0 Å². The van der Waals surface area contributed by atoms with Crippen LogP contribution in [0, 0.1) is 0 Å². The number of carboxylic acids is 1. The molecule has 0 spiro atoms. The molecule has 2 rings (SSSR count). The lowest BCUT2D eigenvalue weighted by Crippen LogP contribution is -2.31. The first-order valence-electron chi connectivity index (χ1n) is 5.64. The second kappa shape index (κ2) is 4.72. The van der Waals surface area contributed by atoms with E-state index in [0.717, 1.165) is 12.1 Å². The molecule has 1 aromatic rings. The van der Waals surface area contributed by atoms with E-state index in [2.05, 4.69) is 0 Å². The number of carboxylic acid groups (broad SMARTS) is 1. The maximum Gasteiger partial charge on any atom is 0.417 e. The van der Waals surface area contributed by atoms with E-state index >= 15 is 0 Å². The first-order chi connectivity index (χ1) is 9.62. The molecule has 0 saturated carbocycles. The van der Waals surface area contributed by atoms with Crippen LogP contribution in [0.3, 0.4) is 0 Å². The number of hydrogen-bond donors (Lipinski definition) is 1. The molecule has 0 atom stereocenters. The zero-order valence-corrected chi connectivity index (χ0v) is 10.6. The molecule has 1 aliphatic rings. The Morgan fingerprint density at radius 2 is 1.86 bits per heavy atom. The van der Waals surface area contributed by atoms with E-state index in [9.17, 15) is 27.6 Å². The number of alkyl halides is 3. The van der Waals surface area contributed by atoms with Crippen LogP contribution in [0.25, 0.3) is 0 Å². The lowest BCUT2D eigenvalue weighted by atomic mass is 10.1. The number of nitrogens with zero attached hydrogens (tertiary/aromatic N) is 1. The molecule has 1 N–H and O–H groups in total. The summed E-state index contributed by atoms with van der Waals surface area (Å²) in [5.41, 5.74) is -2.60. The van der Waals surface area contributed by atoms with Crippen molar-refractivity contribution in [3.05, 3.63) is 41.0 Å². The van der Waals surface area contributed by atoms with Crippen molar-refractivity contribution in [2.75, 3.05) is 4.90 Å². The number of carbonyl (C=O) groups is 3. The summed E-state index contributed by atoms with van der Waals surface area (Å²) in [5, 5.41) is 8.77. The van der Waals surface area contributed by atoms with Crippen LogP contribution >= 0.6 is 0 Å². The van der Waals surface area contributed by atoms with Crippen molar-refractivity contribution in [3.63, 3.8) is 0 Å². The van der Waals surface area contributed by atoms with Crippen molar-refractivity contribution in [1.29, 1.82) is 0 Å². The van der Waals surface area contributed by atoms with E-state index < -0.39 is 35.1 Å². The topological polar surface area (TPSA) is 74.7 Å². The average molecular weight is 299 g/mol. The van der Waals surface area contributed by atoms with E-state index in [1.165, 1.54) is 6.92 Å². The number of aromatic carboxylic acids is 1. The standard InChI is InChI=1S/C13H8F3NO4/c1-6-4-10(18)17(11(6)19)7-2-3-8(12(20)21)9(5-7)13(14,15)16/h2-5H,1H3,(H,20,21). The molecule has 1 aromatic carbocycles. The fourth-order valence-electron chi connectivity index (χ4n) is 1.92. The van der Waals surface area contributed by atoms with Gasteiger partial charge in [0, 0.05) is 11.6 Å². The Morgan fingerprint density at radius 3 is 2.29 bits per heavy atom. The van der Waals surface area contributed by atoms with Gasteiger partial charge in [0.15, 0.2) is 0 Å². The number of carbonyl (C=O) groups excluding carboxylic acids is 2. The van der Waals surface area contributed by atoms with Gasteiger partial charge in [-0.25, -0.2) is 9.69 Å². The maximum absolute atomic E-state index is 12.9. The Bertz CT molecular complexity index is 691. The normalized spacial score (nSPS) is 15.4. The molecule has 5 nitrogen and oxygen atoms in total. The number of amides is 2. The Labute approximate surface area is 116 Å². The molecule has 0 bridgehead atoms. The second-order valence-electron chi connectivity index (χ2n) is 4.34. The number of hydrogen-bond acceptors (Lipinski definition) is 3. The van der Waals surface area contributed by atoms with Crippen molar-refractivity contribution in [3.8, 4) is 0 Å². The van der Waals surface area contributed by atoms with Gasteiger partial charge in [0.1, 0.15) is 0 Å². The van der Waals surface area contributed by atoms with Gasteiger partial charge in [-0.2, -0.15) is 13.2 Å². The van der Waals surface area contributed by atoms with Crippen LogP contribution in [0.4, 0.5) is 18.9 Å². The van der Waals surface area contributed by atoms with Crippen LogP contribution in [-0.4, -0.2) is 22.9 Å². The minimum Gasteiger partial charge on any atom is -0.478 e. The summed E-state index contributed by atoms with van der Waals surface area (Å²) < 4.78 is 38.6. The van der Waals surface area contributed by atoms with Crippen LogP contribution in [-0.2, 0) is 15.8 Å². The SMILES string of the molecule is CC1=CC(=O)N(c2ccc(C(=O)O)c(C(F)(F)F)c2)C1=O. The van der Waals surface area contributed by atoms with Gasteiger partial charge in [-0.3, -0.25) is 9.59 Å². The van der Waals surface area contributed by atoms with E-state index in [-0.39, 0.29) is 11.3 Å². The summed E-state index contributed by atoms with van der Waals surface area (Å²) in [6.45, 7) is 1.36. The summed E-state index contributed by atoms with van der Waals surface area (Å²) in [6.07, 6.45) is -3.92. The molecule has 1 heterocycles. The molecule has 0 unspecified atom stereocenters. The van der Waals surface area contributed by atoms with Gasteiger partial charge in [0.05, 0.1) is 16.8 Å². The van der Waals surface area contributed by atoms with Crippen LogP contribution in [0.1, 0.15) is 22.8 Å². The monoisotopic (exact) mass is 299 g/mol. The Kier molecular flexibility index (Phi) is 3.32. The second-order valence-corrected chi connectivity index (χ2v) is 4.34. The lowest BCUT2D eigenvalue weighted by molar-refractivity contribution is -0.138. The Hall–Kier alpha value is -2.64. The third-order valence-electron chi connectivity index (χ3n) is 2.90. The highest BCUT2D eigenvalue weighted by Gasteiger charge is 2.37. The fourth-order valence-corrected chi connectivity index (χ4v) is 1.92. The molecule has 0 aromatic heterocycles. The van der Waals surface area contributed by atoms with Gasteiger partial charge in [-0.05, 0) is 25.1 Å². The van der Waals surface area contributed by atoms with Crippen molar-refractivity contribution >= 4 is 23.5 Å². The number of rotatable bonds is 2. The molecule has 0 saturated heterocycles. The Morgan fingerprint density at radius 1 is 1.24 bits per heavy atom. The van der Waals surface area contributed by atoms with E-state index in [4.69, 9.17) is 5.11 Å². The Balaban J connectivity index is 2.56. The molecule has 110 valence electrons. The number of benzene rings is 1. The molecular weight excluding hydrogens is 291 g/mol. The van der Waals surface area contributed by atoms with Gasteiger partial charge < -0.3 is 5.11 Å². The van der Waals surface area contributed by atoms with Gasteiger partial charge in [-0.1, -0.05) is 0 Å². The maximum atomic E-state index is 12.9. The third-order valence-corrected chi connectivity index (χ3v) is 2.90. The molecule has 0 fully saturated rings. The molecule has 8 heteroatoms. The summed E-state index contributed by atoms with van der Waals surface area (Å²) >= 11 is 0. The number of anilines is 1. The smallest absolute Gasteiger partial charge is 0.417 e. The van der Waals surface area contributed by atoms with Crippen LogP contribution < -0.4 is 4.90 Å². The predicted octanol–water partition coefficient (Wildman–Crippen LogP) is 2.22. The molecular formula is C13H8F3NO4. The number of imide groups is 1. The first kappa shape index (κ1) is 14.8. The molecule has 0 radical (unpaired) electrons. The predicted molar refractivity (Wildman–Crippen MR) is 64.7 cm³/mol.